The van der Waals surface area contributed by atoms with E-state index in [1.807, 2.05) is 30.3 Å². The first-order valence-electron chi connectivity index (χ1n) is 5.66. The van der Waals surface area contributed by atoms with Crippen molar-refractivity contribution in [3.05, 3.63) is 42.5 Å². The molecule has 18 heavy (non-hydrogen) atoms. The van der Waals surface area contributed by atoms with Gasteiger partial charge < -0.3 is 19.7 Å². The number of benzene rings is 1. The molecule has 2 aromatic rings. The maximum atomic E-state index is 9.69. The van der Waals surface area contributed by atoms with Crippen LogP contribution >= 0.6 is 0 Å². The fourth-order valence-electron chi connectivity index (χ4n) is 1.39. The van der Waals surface area contributed by atoms with Crippen molar-refractivity contribution in [2.75, 3.05) is 13.2 Å². The fraction of sp³-hybridized carbons (Fsp3) is 0.333. The van der Waals surface area contributed by atoms with Crippen molar-refractivity contribution in [2.24, 2.45) is 0 Å². The van der Waals surface area contributed by atoms with Gasteiger partial charge in [-0.15, -0.1) is 0 Å². The molecule has 0 saturated heterocycles. The normalized spacial score (nSPS) is 12.3. The van der Waals surface area contributed by atoms with E-state index in [9.17, 15) is 5.11 Å². The van der Waals surface area contributed by atoms with Crippen molar-refractivity contribution >= 4 is 0 Å². The van der Waals surface area contributed by atoms with Gasteiger partial charge in [-0.25, -0.2) is 0 Å². The standard InChI is InChI=1S/C12H15N3O3/c16-10(6-13-7-12-14-9-18-15-12)8-17-11-4-2-1-3-5-11/h1-5,9-10,13,16H,6-8H2. The third kappa shape index (κ3) is 4.15. The summed E-state index contributed by atoms with van der Waals surface area (Å²) in [7, 11) is 0. The molecule has 1 aromatic heterocycles. The van der Waals surface area contributed by atoms with E-state index in [1.165, 1.54) is 6.39 Å². The summed E-state index contributed by atoms with van der Waals surface area (Å²) >= 11 is 0. The van der Waals surface area contributed by atoms with E-state index in [2.05, 4.69) is 20.0 Å². The molecule has 0 aliphatic heterocycles. The summed E-state index contributed by atoms with van der Waals surface area (Å²) in [5, 5.41) is 16.3. The molecular weight excluding hydrogens is 234 g/mol. The highest BCUT2D eigenvalue weighted by atomic mass is 16.5. The van der Waals surface area contributed by atoms with Gasteiger partial charge in [0.15, 0.2) is 5.82 Å². The van der Waals surface area contributed by atoms with Crippen LogP contribution in [0.25, 0.3) is 0 Å². The molecule has 0 saturated carbocycles. The Morgan fingerprint density at radius 2 is 2.17 bits per heavy atom. The largest absolute Gasteiger partial charge is 0.491 e. The van der Waals surface area contributed by atoms with Crippen LogP contribution in [0, 0.1) is 0 Å². The summed E-state index contributed by atoms with van der Waals surface area (Å²) in [6, 6.07) is 9.38. The maximum Gasteiger partial charge on any atom is 0.213 e. The zero-order valence-corrected chi connectivity index (χ0v) is 9.82. The Labute approximate surface area is 105 Å². The number of nitrogens with zero attached hydrogens (tertiary/aromatic N) is 2. The summed E-state index contributed by atoms with van der Waals surface area (Å²) in [5.41, 5.74) is 0. The predicted molar refractivity (Wildman–Crippen MR) is 63.9 cm³/mol. The zero-order valence-electron chi connectivity index (χ0n) is 9.82. The van der Waals surface area contributed by atoms with E-state index in [0.29, 0.717) is 18.9 Å². The van der Waals surface area contributed by atoms with Gasteiger partial charge in [0.05, 0.1) is 6.54 Å². The molecular formula is C12H15N3O3. The van der Waals surface area contributed by atoms with Crippen LogP contribution in [0.15, 0.2) is 41.2 Å². The van der Waals surface area contributed by atoms with Crippen molar-refractivity contribution in [1.82, 2.24) is 15.5 Å². The molecule has 0 spiro atoms. The first kappa shape index (κ1) is 12.5. The molecule has 96 valence electrons. The Balaban J connectivity index is 1.62. The van der Waals surface area contributed by atoms with Crippen molar-refractivity contribution in [3.63, 3.8) is 0 Å². The average Bonchev–Trinajstić information content (AvgIpc) is 2.91. The van der Waals surface area contributed by atoms with Gasteiger partial charge in [-0.1, -0.05) is 23.4 Å². The van der Waals surface area contributed by atoms with E-state index in [1.54, 1.807) is 0 Å². The van der Waals surface area contributed by atoms with Crippen LogP contribution in [0.4, 0.5) is 0 Å². The van der Waals surface area contributed by atoms with E-state index in [-0.39, 0.29) is 6.61 Å². The van der Waals surface area contributed by atoms with Crippen LogP contribution in [0.1, 0.15) is 5.82 Å². The number of aromatic nitrogens is 2. The number of rotatable bonds is 7. The topological polar surface area (TPSA) is 80.4 Å². The molecule has 1 atom stereocenters. The predicted octanol–water partition coefficient (Wildman–Crippen LogP) is 0.599. The first-order chi connectivity index (χ1) is 8.84. The van der Waals surface area contributed by atoms with Gasteiger partial charge in [-0.2, -0.15) is 4.98 Å². The van der Waals surface area contributed by atoms with E-state index in [0.717, 1.165) is 5.75 Å². The molecule has 1 unspecified atom stereocenters. The Morgan fingerprint density at radius 3 is 2.89 bits per heavy atom. The lowest BCUT2D eigenvalue weighted by molar-refractivity contribution is 0.106. The van der Waals surface area contributed by atoms with Gasteiger partial charge >= 0.3 is 0 Å². The monoisotopic (exact) mass is 249 g/mol. The second-order valence-electron chi connectivity index (χ2n) is 3.76. The quantitative estimate of drug-likeness (QED) is 0.748. The first-order valence-corrected chi connectivity index (χ1v) is 5.66. The summed E-state index contributed by atoms with van der Waals surface area (Å²) < 4.78 is 10.0. The van der Waals surface area contributed by atoms with Crippen LogP contribution in [0.5, 0.6) is 5.75 Å². The summed E-state index contributed by atoms with van der Waals surface area (Å²) in [4.78, 5) is 3.85. The SMILES string of the molecule is OC(CNCc1ncon1)COc1ccccc1. The van der Waals surface area contributed by atoms with Gasteiger partial charge in [0.25, 0.3) is 0 Å². The lowest BCUT2D eigenvalue weighted by atomic mass is 10.3. The highest BCUT2D eigenvalue weighted by Crippen LogP contribution is 2.08. The molecule has 6 nitrogen and oxygen atoms in total. The zero-order chi connectivity index (χ0) is 12.6. The maximum absolute atomic E-state index is 9.69. The lowest BCUT2D eigenvalue weighted by Gasteiger charge is -2.12. The number of hydrogen-bond acceptors (Lipinski definition) is 6. The lowest BCUT2D eigenvalue weighted by Crippen LogP contribution is -2.31. The number of hydrogen-bond donors (Lipinski definition) is 2. The van der Waals surface area contributed by atoms with Crippen molar-refractivity contribution in [3.8, 4) is 5.75 Å². The smallest absolute Gasteiger partial charge is 0.213 e. The Hall–Kier alpha value is -1.92. The highest BCUT2D eigenvalue weighted by Gasteiger charge is 2.05. The molecule has 0 aliphatic carbocycles. The molecule has 0 aliphatic rings. The van der Waals surface area contributed by atoms with Gasteiger partial charge in [-0.3, -0.25) is 0 Å². The molecule has 0 radical (unpaired) electrons. The summed E-state index contributed by atoms with van der Waals surface area (Å²) in [6.45, 7) is 1.10. The molecule has 2 rings (SSSR count). The number of aliphatic hydroxyl groups is 1. The van der Waals surface area contributed by atoms with Crippen LogP contribution in [0.3, 0.4) is 0 Å². The number of nitrogens with one attached hydrogen (secondary N) is 1. The van der Waals surface area contributed by atoms with Crippen molar-refractivity contribution < 1.29 is 14.4 Å². The minimum absolute atomic E-state index is 0.239. The minimum Gasteiger partial charge on any atom is -0.491 e. The van der Waals surface area contributed by atoms with E-state index >= 15 is 0 Å². The van der Waals surface area contributed by atoms with Crippen LogP contribution in [-0.2, 0) is 6.54 Å². The molecule has 6 heteroatoms. The highest BCUT2D eigenvalue weighted by molar-refractivity contribution is 5.20. The molecule has 2 N–H and O–H groups in total. The van der Waals surface area contributed by atoms with Gasteiger partial charge in [0.2, 0.25) is 6.39 Å². The second kappa shape index (κ2) is 6.73. The Morgan fingerprint density at radius 1 is 1.33 bits per heavy atom. The third-order valence-corrected chi connectivity index (χ3v) is 2.26. The van der Waals surface area contributed by atoms with Crippen molar-refractivity contribution in [2.45, 2.75) is 12.6 Å². The molecule has 0 fully saturated rings. The summed E-state index contributed by atoms with van der Waals surface area (Å²) in [5.74, 6) is 1.31. The van der Waals surface area contributed by atoms with Crippen molar-refractivity contribution in [1.29, 1.82) is 0 Å². The fourth-order valence-corrected chi connectivity index (χ4v) is 1.39. The molecule has 1 heterocycles. The molecule has 1 aromatic carbocycles. The van der Waals surface area contributed by atoms with Crippen LogP contribution in [0.2, 0.25) is 0 Å². The van der Waals surface area contributed by atoms with Crippen LogP contribution < -0.4 is 10.1 Å². The minimum atomic E-state index is -0.586. The van der Waals surface area contributed by atoms with Gasteiger partial charge in [0.1, 0.15) is 18.5 Å². The number of aliphatic hydroxyl groups excluding tert-OH is 1. The number of para-hydroxylation sites is 1. The molecule has 0 amide bonds. The summed E-state index contributed by atoms with van der Waals surface area (Å²) in [6.07, 6.45) is 0.684. The van der Waals surface area contributed by atoms with Gasteiger partial charge in [0, 0.05) is 6.54 Å². The Kier molecular flexibility index (Phi) is 4.68. The van der Waals surface area contributed by atoms with Crippen LogP contribution in [-0.4, -0.2) is 34.5 Å². The van der Waals surface area contributed by atoms with Gasteiger partial charge in [-0.05, 0) is 12.1 Å². The second-order valence-corrected chi connectivity index (χ2v) is 3.76. The van der Waals surface area contributed by atoms with E-state index in [4.69, 9.17) is 4.74 Å². The number of ether oxygens (including phenoxy) is 1. The van der Waals surface area contributed by atoms with E-state index < -0.39 is 6.10 Å². The molecule has 0 bridgehead atoms. The average molecular weight is 249 g/mol. The Bertz CT molecular complexity index is 433. The third-order valence-electron chi connectivity index (χ3n) is 2.26.